The predicted molar refractivity (Wildman–Crippen MR) is 121 cm³/mol. The van der Waals surface area contributed by atoms with Crippen molar-refractivity contribution in [1.29, 1.82) is 0 Å². The zero-order valence-corrected chi connectivity index (χ0v) is 20.0. The smallest absolute Gasteiger partial charge is 0.493 e. The molecule has 1 aliphatic carbocycles. The van der Waals surface area contributed by atoms with E-state index in [0.29, 0.717) is 41.2 Å². The molecular formula is C22H28N2O8S. The van der Waals surface area contributed by atoms with Gasteiger partial charge < -0.3 is 24.1 Å². The van der Waals surface area contributed by atoms with Crippen molar-refractivity contribution in [2.24, 2.45) is 0 Å². The van der Waals surface area contributed by atoms with Crippen LogP contribution in [-0.4, -0.2) is 59.4 Å². The summed E-state index contributed by atoms with van der Waals surface area (Å²) in [7, 11) is 3.74. The fourth-order valence-corrected chi connectivity index (χ4v) is 4.74. The number of benzene rings is 2. The standard InChI is InChI=1S/C22H28N2O8S/c1-24(2)33(27,28)23-17-9-7-14-11-18(29-3)20(30-4)21(31-5)19(14)15-8-6-13(10-16(15)17)12-32-22(25)26/h6,8,10-11,17,23H,7,9,12H2,1-5H3,(H,25,26)/t17-/m0/s1. The number of methoxy groups -OCH3 is 3. The van der Waals surface area contributed by atoms with Crippen molar-refractivity contribution in [2.75, 3.05) is 35.4 Å². The van der Waals surface area contributed by atoms with E-state index in [-0.39, 0.29) is 6.61 Å². The minimum absolute atomic E-state index is 0.161. The summed E-state index contributed by atoms with van der Waals surface area (Å²) >= 11 is 0. The lowest BCUT2D eigenvalue weighted by Crippen LogP contribution is -2.38. The Morgan fingerprint density at radius 2 is 1.82 bits per heavy atom. The van der Waals surface area contributed by atoms with Crippen LogP contribution in [0.15, 0.2) is 24.3 Å². The largest absolute Gasteiger partial charge is 0.506 e. The van der Waals surface area contributed by atoms with Crippen molar-refractivity contribution in [1.82, 2.24) is 9.03 Å². The molecule has 3 rings (SSSR count). The molecule has 0 saturated heterocycles. The van der Waals surface area contributed by atoms with Crippen LogP contribution in [0.2, 0.25) is 0 Å². The van der Waals surface area contributed by atoms with E-state index >= 15 is 0 Å². The SMILES string of the molecule is COc1cc2c(c(OC)c1OC)-c1ccc(COC(=O)O)cc1[C@@H](NS(=O)(=O)N(C)C)CC2. The van der Waals surface area contributed by atoms with Crippen molar-refractivity contribution >= 4 is 16.4 Å². The van der Waals surface area contributed by atoms with Crippen LogP contribution in [0.1, 0.15) is 29.2 Å². The van der Waals surface area contributed by atoms with Gasteiger partial charge in [-0.1, -0.05) is 18.2 Å². The van der Waals surface area contributed by atoms with Gasteiger partial charge in [-0.3, -0.25) is 0 Å². The fraction of sp³-hybridized carbons (Fsp3) is 0.409. The molecule has 1 atom stereocenters. The molecule has 0 bridgehead atoms. The molecule has 2 aromatic carbocycles. The fourth-order valence-electron chi connectivity index (χ4n) is 3.93. The van der Waals surface area contributed by atoms with Gasteiger partial charge in [0.05, 0.1) is 21.3 Å². The van der Waals surface area contributed by atoms with Crippen LogP contribution in [0, 0.1) is 0 Å². The number of nitrogens with one attached hydrogen (secondary N) is 1. The topological polar surface area (TPSA) is 124 Å². The predicted octanol–water partition coefficient (Wildman–Crippen LogP) is 2.96. The second-order valence-corrected chi connectivity index (χ2v) is 9.57. The van der Waals surface area contributed by atoms with Gasteiger partial charge in [0.15, 0.2) is 11.5 Å². The molecule has 0 heterocycles. The second kappa shape index (κ2) is 9.86. The normalized spacial score (nSPS) is 15.3. The van der Waals surface area contributed by atoms with E-state index in [2.05, 4.69) is 4.72 Å². The molecule has 2 N–H and O–H groups in total. The minimum atomic E-state index is -3.75. The van der Waals surface area contributed by atoms with E-state index in [4.69, 9.17) is 24.1 Å². The first kappa shape index (κ1) is 24.6. The number of aryl methyl sites for hydroxylation is 1. The Hall–Kier alpha value is -3.02. The molecule has 0 aliphatic heterocycles. The van der Waals surface area contributed by atoms with Gasteiger partial charge in [0, 0.05) is 25.7 Å². The highest BCUT2D eigenvalue weighted by Crippen LogP contribution is 2.50. The first-order valence-corrected chi connectivity index (χ1v) is 11.6. The van der Waals surface area contributed by atoms with Crippen LogP contribution in [0.5, 0.6) is 17.2 Å². The zero-order chi connectivity index (χ0) is 24.3. The molecule has 10 nitrogen and oxygen atoms in total. The summed E-state index contributed by atoms with van der Waals surface area (Å²) in [4.78, 5) is 10.9. The molecule has 2 aromatic rings. The summed E-state index contributed by atoms with van der Waals surface area (Å²) in [6.07, 6.45) is -0.407. The van der Waals surface area contributed by atoms with Gasteiger partial charge in [-0.25, -0.2) is 4.79 Å². The lowest BCUT2D eigenvalue weighted by molar-refractivity contribution is 0.0853. The third-order valence-corrected chi connectivity index (χ3v) is 7.05. The number of nitrogens with zero attached hydrogens (tertiary/aromatic N) is 1. The van der Waals surface area contributed by atoms with Crippen molar-refractivity contribution < 1.29 is 37.3 Å². The van der Waals surface area contributed by atoms with E-state index in [1.54, 1.807) is 12.1 Å². The Morgan fingerprint density at radius 3 is 2.39 bits per heavy atom. The Labute approximate surface area is 193 Å². The highest BCUT2D eigenvalue weighted by atomic mass is 32.2. The zero-order valence-electron chi connectivity index (χ0n) is 19.2. The lowest BCUT2D eigenvalue weighted by atomic mass is 9.92. The summed E-state index contributed by atoms with van der Waals surface area (Å²) in [5, 5.41) is 8.87. The van der Waals surface area contributed by atoms with Gasteiger partial charge in [-0.2, -0.15) is 17.4 Å². The highest BCUT2D eigenvalue weighted by Gasteiger charge is 2.31. The number of fused-ring (bicyclic) bond motifs is 3. The number of carboxylic acid groups (broad SMARTS) is 1. The van der Waals surface area contributed by atoms with E-state index in [1.165, 1.54) is 35.4 Å². The maximum atomic E-state index is 12.7. The molecule has 0 amide bonds. The summed E-state index contributed by atoms with van der Waals surface area (Å²) in [5.41, 5.74) is 3.68. The van der Waals surface area contributed by atoms with Crippen molar-refractivity contribution in [3.05, 3.63) is 41.0 Å². The summed E-state index contributed by atoms with van der Waals surface area (Å²) in [6.45, 7) is -0.161. The van der Waals surface area contributed by atoms with Crippen LogP contribution in [0.25, 0.3) is 11.1 Å². The number of hydrogen-bond donors (Lipinski definition) is 2. The van der Waals surface area contributed by atoms with Gasteiger partial charge in [0.2, 0.25) is 5.75 Å². The van der Waals surface area contributed by atoms with Gasteiger partial charge in [-0.15, -0.1) is 0 Å². The quantitative estimate of drug-likeness (QED) is 0.553. The molecule has 33 heavy (non-hydrogen) atoms. The number of carbonyl (C=O) groups is 1. The highest BCUT2D eigenvalue weighted by molar-refractivity contribution is 7.87. The third-order valence-electron chi connectivity index (χ3n) is 5.51. The van der Waals surface area contributed by atoms with Crippen molar-refractivity contribution in [3.8, 4) is 28.4 Å². The molecule has 1 aliphatic rings. The Morgan fingerprint density at radius 1 is 1.12 bits per heavy atom. The number of rotatable bonds is 8. The van der Waals surface area contributed by atoms with Gasteiger partial charge in [0.1, 0.15) is 6.61 Å². The Balaban J connectivity index is 2.24. The molecule has 11 heteroatoms. The number of ether oxygens (including phenoxy) is 4. The maximum Gasteiger partial charge on any atom is 0.506 e. The molecule has 0 aromatic heterocycles. The monoisotopic (exact) mass is 480 g/mol. The van der Waals surface area contributed by atoms with Crippen LogP contribution in [-0.2, 0) is 28.0 Å². The molecule has 180 valence electrons. The van der Waals surface area contributed by atoms with Crippen LogP contribution in [0.3, 0.4) is 0 Å². The van der Waals surface area contributed by atoms with E-state index in [9.17, 15) is 13.2 Å². The summed E-state index contributed by atoms with van der Waals surface area (Å²) in [5.74, 6) is 1.41. The Bertz CT molecular complexity index is 1150. The lowest BCUT2D eigenvalue weighted by Gasteiger charge is -2.23. The third kappa shape index (κ3) is 5.00. The summed E-state index contributed by atoms with van der Waals surface area (Å²) in [6, 6.07) is 6.60. The molecule has 0 radical (unpaired) electrons. The Kier molecular flexibility index (Phi) is 7.35. The number of hydrogen-bond acceptors (Lipinski definition) is 7. The van der Waals surface area contributed by atoms with E-state index in [1.807, 2.05) is 12.1 Å². The molecule has 0 spiro atoms. The van der Waals surface area contributed by atoms with Crippen LogP contribution < -0.4 is 18.9 Å². The minimum Gasteiger partial charge on any atom is -0.493 e. The average molecular weight is 481 g/mol. The van der Waals surface area contributed by atoms with Gasteiger partial charge in [0.25, 0.3) is 10.2 Å². The van der Waals surface area contributed by atoms with E-state index < -0.39 is 22.4 Å². The van der Waals surface area contributed by atoms with Gasteiger partial charge in [-0.05, 0) is 41.2 Å². The molecule has 0 saturated carbocycles. The summed E-state index contributed by atoms with van der Waals surface area (Å²) < 4.78 is 50.7. The van der Waals surface area contributed by atoms with Crippen LogP contribution in [0.4, 0.5) is 4.79 Å². The average Bonchev–Trinajstić information content (AvgIpc) is 2.92. The van der Waals surface area contributed by atoms with Crippen molar-refractivity contribution in [3.63, 3.8) is 0 Å². The second-order valence-electron chi connectivity index (χ2n) is 7.65. The van der Waals surface area contributed by atoms with E-state index in [0.717, 1.165) is 21.0 Å². The molecule has 0 unspecified atom stereocenters. The first-order valence-electron chi connectivity index (χ1n) is 10.1. The maximum absolute atomic E-state index is 12.7. The first-order chi connectivity index (χ1) is 15.6. The van der Waals surface area contributed by atoms with Crippen molar-refractivity contribution in [2.45, 2.75) is 25.5 Å². The molecular weight excluding hydrogens is 452 g/mol. The van der Waals surface area contributed by atoms with Crippen LogP contribution >= 0.6 is 0 Å². The molecule has 0 fully saturated rings. The van der Waals surface area contributed by atoms with Gasteiger partial charge >= 0.3 is 6.16 Å².